The van der Waals surface area contributed by atoms with E-state index in [0.29, 0.717) is 6.20 Å². The van der Waals surface area contributed by atoms with Crippen molar-refractivity contribution in [3.63, 3.8) is 0 Å². The fourth-order valence-corrected chi connectivity index (χ4v) is 1.82. The van der Waals surface area contributed by atoms with E-state index in [1.807, 2.05) is 0 Å². The molecule has 0 unspecified atom stereocenters. The van der Waals surface area contributed by atoms with Gasteiger partial charge in [0.25, 0.3) is 12.0 Å². The van der Waals surface area contributed by atoms with Crippen molar-refractivity contribution in [2.75, 3.05) is 0 Å². The van der Waals surface area contributed by atoms with Gasteiger partial charge >= 0.3 is 6.18 Å². The van der Waals surface area contributed by atoms with Gasteiger partial charge in [0.15, 0.2) is 0 Å². The molecule has 1 aromatic heterocycles. The summed E-state index contributed by atoms with van der Waals surface area (Å²) in [4.78, 5) is 12.7. The molecule has 0 spiro atoms. The molecule has 0 aromatic carbocycles. The Morgan fingerprint density at radius 3 is 2.31 bits per heavy atom. The number of halogens is 6. The molecule has 90 valence electrons. The zero-order chi connectivity index (χ0) is 12.5. The second-order valence-electron chi connectivity index (χ2n) is 2.86. The quantitative estimate of drug-likeness (QED) is 0.660. The number of alkyl halides is 6. The Balaban J connectivity index is 3.56. The van der Waals surface area contributed by atoms with E-state index in [1.54, 1.807) is 4.98 Å². The average molecular weight is 306 g/mol. The molecule has 1 rings (SSSR count). The summed E-state index contributed by atoms with van der Waals surface area (Å²) in [6.45, 7) is 0. The Morgan fingerprint density at radius 1 is 1.38 bits per heavy atom. The number of aromatic nitrogens is 1. The maximum Gasteiger partial charge on any atom is 0.418 e. The third-order valence-corrected chi connectivity index (χ3v) is 2.46. The second kappa shape index (κ2) is 4.52. The molecule has 1 aromatic rings. The van der Waals surface area contributed by atoms with Crippen LogP contribution >= 0.6 is 15.9 Å². The van der Waals surface area contributed by atoms with Crippen LogP contribution in [0.3, 0.4) is 0 Å². The van der Waals surface area contributed by atoms with Gasteiger partial charge in [0, 0.05) is 11.5 Å². The van der Waals surface area contributed by atoms with Crippen LogP contribution in [-0.2, 0) is 11.5 Å². The molecule has 0 amide bonds. The van der Waals surface area contributed by atoms with E-state index in [1.165, 1.54) is 0 Å². The van der Waals surface area contributed by atoms with Crippen molar-refractivity contribution in [1.82, 2.24) is 4.98 Å². The van der Waals surface area contributed by atoms with Crippen LogP contribution in [0, 0.1) is 0 Å². The topological polar surface area (TPSA) is 32.9 Å². The standard InChI is InChI=1S/C8H5BrF5NO/c9-1-3-4(8(12,13)14)2-15-7(16)5(3)6(10)11/h2,6H,1H2,(H,15,16). The van der Waals surface area contributed by atoms with Gasteiger partial charge in [-0.25, -0.2) is 8.78 Å². The van der Waals surface area contributed by atoms with Gasteiger partial charge in [-0.05, 0) is 5.56 Å². The second-order valence-corrected chi connectivity index (χ2v) is 3.42. The molecule has 16 heavy (non-hydrogen) atoms. The molecular formula is C8H5BrF5NO. The van der Waals surface area contributed by atoms with Crippen molar-refractivity contribution in [3.8, 4) is 0 Å². The number of hydrogen-bond donors (Lipinski definition) is 1. The molecule has 1 N–H and O–H groups in total. The fourth-order valence-electron chi connectivity index (χ4n) is 1.21. The van der Waals surface area contributed by atoms with Crippen LogP contribution in [0.4, 0.5) is 22.0 Å². The Hall–Kier alpha value is -0.920. The van der Waals surface area contributed by atoms with Crippen molar-refractivity contribution < 1.29 is 22.0 Å². The molecule has 0 aliphatic heterocycles. The highest BCUT2D eigenvalue weighted by molar-refractivity contribution is 9.08. The summed E-state index contributed by atoms with van der Waals surface area (Å²) in [5, 5.41) is -0.467. The Labute approximate surface area is 94.6 Å². The van der Waals surface area contributed by atoms with Crippen LogP contribution in [0.25, 0.3) is 0 Å². The normalized spacial score (nSPS) is 12.2. The third-order valence-electron chi connectivity index (χ3n) is 1.90. The lowest BCUT2D eigenvalue weighted by Gasteiger charge is -2.13. The molecule has 0 bridgehead atoms. The van der Waals surface area contributed by atoms with Crippen molar-refractivity contribution in [3.05, 3.63) is 33.2 Å². The Bertz CT molecular complexity index is 439. The van der Waals surface area contributed by atoms with E-state index >= 15 is 0 Å². The van der Waals surface area contributed by atoms with Crippen LogP contribution in [0.5, 0.6) is 0 Å². The molecule has 0 fully saturated rings. The summed E-state index contributed by atoms with van der Waals surface area (Å²) < 4.78 is 62.1. The molecule has 0 radical (unpaired) electrons. The molecule has 8 heteroatoms. The van der Waals surface area contributed by atoms with E-state index in [4.69, 9.17) is 0 Å². The summed E-state index contributed by atoms with van der Waals surface area (Å²) in [5.74, 6) is 0. The predicted octanol–water partition coefficient (Wildman–Crippen LogP) is 3.23. The van der Waals surface area contributed by atoms with Crippen LogP contribution in [0.15, 0.2) is 11.0 Å². The van der Waals surface area contributed by atoms with Gasteiger partial charge in [-0.3, -0.25) is 4.79 Å². The predicted molar refractivity (Wildman–Crippen MR) is 49.7 cm³/mol. The zero-order valence-corrected chi connectivity index (χ0v) is 9.12. The minimum atomic E-state index is -4.78. The van der Waals surface area contributed by atoms with Crippen molar-refractivity contribution in [2.45, 2.75) is 17.9 Å². The number of nitrogens with one attached hydrogen (secondary N) is 1. The van der Waals surface area contributed by atoms with Gasteiger partial charge in [0.2, 0.25) is 0 Å². The van der Waals surface area contributed by atoms with Gasteiger partial charge in [-0.2, -0.15) is 13.2 Å². The van der Waals surface area contributed by atoms with Gasteiger partial charge < -0.3 is 4.98 Å². The van der Waals surface area contributed by atoms with Gasteiger partial charge in [0.05, 0.1) is 11.1 Å². The van der Waals surface area contributed by atoms with Crippen LogP contribution in [-0.4, -0.2) is 4.98 Å². The molecule has 0 aliphatic rings. The molecule has 0 atom stereocenters. The minimum absolute atomic E-state index is 0.394. The summed E-state index contributed by atoms with van der Waals surface area (Å²) >= 11 is 2.67. The molecule has 2 nitrogen and oxygen atoms in total. The summed E-state index contributed by atoms with van der Waals surface area (Å²) in [7, 11) is 0. The highest BCUT2D eigenvalue weighted by atomic mass is 79.9. The maximum atomic E-state index is 12.4. The molecular weight excluding hydrogens is 301 g/mol. The number of H-pyrrole nitrogens is 1. The van der Waals surface area contributed by atoms with Crippen molar-refractivity contribution >= 4 is 15.9 Å². The van der Waals surface area contributed by atoms with E-state index < -0.39 is 40.2 Å². The first-order valence-electron chi connectivity index (χ1n) is 3.94. The van der Waals surface area contributed by atoms with Gasteiger partial charge in [0.1, 0.15) is 0 Å². The number of aromatic amines is 1. The van der Waals surface area contributed by atoms with Crippen LogP contribution < -0.4 is 5.56 Å². The van der Waals surface area contributed by atoms with E-state index in [9.17, 15) is 26.7 Å². The van der Waals surface area contributed by atoms with Gasteiger partial charge in [-0.15, -0.1) is 0 Å². The number of hydrogen-bond acceptors (Lipinski definition) is 1. The lowest BCUT2D eigenvalue weighted by atomic mass is 10.1. The fraction of sp³-hybridized carbons (Fsp3) is 0.375. The van der Waals surface area contributed by atoms with E-state index in [-0.39, 0.29) is 0 Å². The smallest absolute Gasteiger partial charge is 0.328 e. The summed E-state index contributed by atoms with van der Waals surface area (Å²) in [5.41, 5.74) is -4.35. The first kappa shape index (κ1) is 13.1. The maximum absolute atomic E-state index is 12.4. The molecule has 1 heterocycles. The minimum Gasteiger partial charge on any atom is -0.328 e. The largest absolute Gasteiger partial charge is 0.418 e. The first-order chi connectivity index (χ1) is 7.29. The number of rotatable bonds is 2. The SMILES string of the molecule is O=c1[nH]cc(C(F)(F)F)c(CBr)c1C(F)F. The highest BCUT2D eigenvalue weighted by Gasteiger charge is 2.36. The molecule has 0 aliphatic carbocycles. The number of pyridine rings is 1. The first-order valence-corrected chi connectivity index (χ1v) is 5.07. The highest BCUT2D eigenvalue weighted by Crippen LogP contribution is 2.35. The molecule has 0 saturated heterocycles. The van der Waals surface area contributed by atoms with Crippen LogP contribution in [0.2, 0.25) is 0 Å². The van der Waals surface area contributed by atoms with Crippen molar-refractivity contribution in [1.29, 1.82) is 0 Å². The lowest BCUT2D eigenvalue weighted by molar-refractivity contribution is -0.138. The Kier molecular flexibility index (Phi) is 3.72. The Morgan fingerprint density at radius 2 is 1.94 bits per heavy atom. The lowest BCUT2D eigenvalue weighted by Crippen LogP contribution is -2.21. The van der Waals surface area contributed by atoms with Crippen molar-refractivity contribution in [2.24, 2.45) is 0 Å². The molecule has 0 saturated carbocycles. The third kappa shape index (κ3) is 2.42. The summed E-state index contributed by atoms with van der Waals surface area (Å²) in [6, 6.07) is 0. The van der Waals surface area contributed by atoms with E-state index in [0.717, 1.165) is 0 Å². The van der Waals surface area contributed by atoms with Crippen LogP contribution in [0.1, 0.15) is 23.1 Å². The average Bonchev–Trinajstić information content (AvgIpc) is 2.14. The summed E-state index contributed by atoms with van der Waals surface area (Å²) in [6.07, 6.45) is -7.64. The van der Waals surface area contributed by atoms with Gasteiger partial charge in [-0.1, -0.05) is 15.9 Å². The zero-order valence-electron chi connectivity index (χ0n) is 7.54. The van der Waals surface area contributed by atoms with E-state index in [2.05, 4.69) is 15.9 Å². The monoisotopic (exact) mass is 305 g/mol.